The third-order valence-corrected chi connectivity index (χ3v) is 3.29. The van der Waals surface area contributed by atoms with E-state index in [4.69, 9.17) is 20.6 Å². The van der Waals surface area contributed by atoms with E-state index in [9.17, 15) is 15.3 Å². The van der Waals surface area contributed by atoms with Crippen LogP contribution in [0.1, 0.15) is 25.7 Å². The van der Waals surface area contributed by atoms with Crippen LogP contribution in [-0.4, -0.2) is 66.3 Å². The topological polar surface area (TPSA) is 88.4 Å². The van der Waals surface area contributed by atoms with E-state index in [0.29, 0.717) is 6.61 Å². The zero-order valence-electron chi connectivity index (χ0n) is 11.8. The molecule has 0 aromatic rings. The van der Waals surface area contributed by atoms with Gasteiger partial charge in [-0.3, -0.25) is 0 Å². The predicted octanol–water partition coefficient (Wildman–Crippen LogP) is -0.349. The van der Waals surface area contributed by atoms with Crippen molar-refractivity contribution in [3.8, 4) is 12.3 Å². The van der Waals surface area contributed by atoms with Gasteiger partial charge in [0.25, 0.3) is 0 Å². The first kappa shape index (κ1) is 17.4. The molecule has 6 nitrogen and oxygen atoms in total. The SMILES string of the molecule is C#CCCCCCOCC1O[C@H](OC)C(O)C(O)[C@@H]1O. The zero-order valence-corrected chi connectivity index (χ0v) is 11.8. The molecule has 6 heteroatoms. The van der Waals surface area contributed by atoms with Gasteiger partial charge in [0.15, 0.2) is 6.29 Å². The molecule has 20 heavy (non-hydrogen) atoms. The summed E-state index contributed by atoms with van der Waals surface area (Å²) in [6.45, 7) is 0.674. The van der Waals surface area contributed by atoms with E-state index in [1.807, 2.05) is 0 Å². The number of hydrogen-bond acceptors (Lipinski definition) is 6. The summed E-state index contributed by atoms with van der Waals surface area (Å²) < 4.78 is 15.7. The maximum absolute atomic E-state index is 9.80. The zero-order chi connectivity index (χ0) is 15.0. The number of aliphatic hydroxyl groups is 3. The van der Waals surface area contributed by atoms with Crippen molar-refractivity contribution in [2.45, 2.75) is 56.4 Å². The molecular weight excluding hydrogens is 264 g/mol. The van der Waals surface area contributed by atoms with Crippen LogP contribution in [-0.2, 0) is 14.2 Å². The molecule has 1 heterocycles. The molecule has 0 saturated carbocycles. The minimum atomic E-state index is -1.31. The summed E-state index contributed by atoms with van der Waals surface area (Å²) in [5.41, 5.74) is 0. The van der Waals surface area contributed by atoms with Crippen LogP contribution in [0.15, 0.2) is 0 Å². The van der Waals surface area contributed by atoms with Gasteiger partial charge in [-0.2, -0.15) is 0 Å². The first-order valence-electron chi connectivity index (χ1n) is 6.85. The lowest BCUT2D eigenvalue weighted by Gasteiger charge is -2.39. The number of hydrogen-bond donors (Lipinski definition) is 3. The highest BCUT2D eigenvalue weighted by Crippen LogP contribution is 2.21. The summed E-state index contributed by atoms with van der Waals surface area (Å²) in [7, 11) is 1.36. The van der Waals surface area contributed by atoms with E-state index in [0.717, 1.165) is 25.7 Å². The molecule has 1 fully saturated rings. The number of terminal acetylenes is 1. The van der Waals surface area contributed by atoms with Gasteiger partial charge in [0.2, 0.25) is 0 Å². The Morgan fingerprint density at radius 2 is 1.85 bits per heavy atom. The van der Waals surface area contributed by atoms with Gasteiger partial charge in [-0.05, 0) is 12.8 Å². The van der Waals surface area contributed by atoms with Gasteiger partial charge in [-0.15, -0.1) is 12.3 Å². The fourth-order valence-corrected chi connectivity index (χ4v) is 2.06. The lowest BCUT2D eigenvalue weighted by molar-refractivity contribution is -0.296. The Balaban J connectivity index is 2.23. The highest BCUT2D eigenvalue weighted by Gasteiger charge is 2.43. The molecule has 0 aromatic heterocycles. The monoisotopic (exact) mass is 288 g/mol. The van der Waals surface area contributed by atoms with Crippen molar-refractivity contribution < 1.29 is 29.5 Å². The Hall–Kier alpha value is -0.680. The minimum absolute atomic E-state index is 0.139. The number of ether oxygens (including phenoxy) is 3. The fourth-order valence-electron chi connectivity index (χ4n) is 2.06. The van der Waals surface area contributed by atoms with Gasteiger partial charge in [-0.1, -0.05) is 6.42 Å². The van der Waals surface area contributed by atoms with Crippen molar-refractivity contribution in [1.82, 2.24) is 0 Å². The van der Waals surface area contributed by atoms with Crippen molar-refractivity contribution >= 4 is 0 Å². The van der Waals surface area contributed by atoms with Crippen LogP contribution in [0.25, 0.3) is 0 Å². The Kier molecular flexibility index (Phi) is 8.07. The van der Waals surface area contributed by atoms with Crippen LogP contribution < -0.4 is 0 Å². The second-order valence-corrected chi connectivity index (χ2v) is 4.84. The smallest absolute Gasteiger partial charge is 0.186 e. The second kappa shape index (κ2) is 9.29. The van der Waals surface area contributed by atoms with Gasteiger partial charge >= 0.3 is 0 Å². The molecule has 0 amide bonds. The van der Waals surface area contributed by atoms with Crippen LogP contribution in [0.4, 0.5) is 0 Å². The highest BCUT2D eigenvalue weighted by molar-refractivity contribution is 4.89. The van der Waals surface area contributed by atoms with Crippen molar-refractivity contribution in [1.29, 1.82) is 0 Å². The van der Waals surface area contributed by atoms with Gasteiger partial charge in [-0.25, -0.2) is 0 Å². The van der Waals surface area contributed by atoms with Crippen molar-refractivity contribution in [2.75, 3.05) is 20.3 Å². The Bertz CT molecular complexity index is 301. The van der Waals surface area contributed by atoms with E-state index >= 15 is 0 Å². The normalized spacial score (nSPS) is 33.9. The van der Waals surface area contributed by atoms with Crippen molar-refractivity contribution in [2.24, 2.45) is 0 Å². The van der Waals surface area contributed by atoms with Crippen LogP contribution in [0.5, 0.6) is 0 Å². The maximum Gasteiger partial charge on any atom is 0.186 e. The van der Waals surface area contributed by atoms with Crippen LogP contribution in [0.3, 0.4) is 0 Å². The molecule has 5 atom stereocenters. The molecule has 1 saturated heterocycles. The quantitative estimate of drug-likeness (QED) is 0.418. The van der Waals surface area contributed by atoms with Crippen molar-refractivity contribution in [3.63, 3.8) is 0 Å². The Labute approximate surface area is 119 Å². The molecule has 0 aliphatic carbocycles. The molecule has 3 N–H and O–H groups in total. The van der Waals surface area contributed by atoms with E-state index in [1.165, 1.54) is 7.11 Å². The molecule has 0 bridgehead atoms. The number of aliphatic hydroxyl groups excluding tert-OH is 3. The molecular formula is C14H24O6. The number of rotatable bonds is 8. The van der Waals surface area contributed by atoms with Gasteiger partial charge in [0.05, 0.1) is 6.61 Å². The Morgan fingerprint density at radius 3 is 2.50 bits per heavy atom. The average molecular weight is 288 g/mol. The first-order valence-corrected chi connectivity index (χ1v) is 6.85. The lowest BCUT2D eigenvalue weighted by Crippen LogP contribution is -2.59. The van der Waals surface area contributed by atoms with E-state index < -0.39 is 30.7 Å². The molecule has 1 aliphatic heterocycles. The number of unbranched alkanes of at least 4 members (excludes halogenated alkanes) is 3. The number of methoxy groups -OCH3 is 1. The summed E-state index contributed by atoms with van der Waals surface area (Å²) in [4.78, 5) is 0. The maximum atomic E-state index is 9.80. The summed E-state index contributed by atoms with van der Waals surface area (Å²) in [5.74, 6) is 2.58. The third kappa shape index (κ3) is 5.02. The predicted molar refractivity (Wildman–Crippen MR) is 71.8 cm³/mol. The summed E-state index contributed by atoms with van der Waals surface area (Å²) in [6, 6.07) is 0. The van der Waals surface area contributed by atoms with Gasteiger partial charge in [0, 0.05) is 20.1 Å². The Morgan fingerprint density at radius 1 is 1.10 bits per heavy atom. The summed E-state index contributed by atoms with van der Waals surface area (Å²) in [5, 5.41) is 29.1. The molecule has 116 valence electrons. The third-order valence-electron chi connectivity index (χ3n) is 3.29. The summed E-state index contributed by atoms with van der Waals surface area (Å²) in [6.07, 6.45) is 3.30. The summed E-state index contributed by atoms with van der Waals surface area (Å²) >= 11 is 0. The van der Waals surface area contributed by atoms with E-state index in [1.54, 1.807) is 0 Å². The van der Waals surface area contributed by atoms with Crippen LogP contribution in [0, 0.1) is 12.3 Å². The molecule has 1 rings (SSSR count). The molecule has 0 radical (unpaired) electrons. The van der Waals surface area contributed by atoms with Gasteiger partial charge < -0.3 is 29.5 Å². The molecule has 3 unspecified atom stereocenters. The van der Waals surface area contributed by atoms with Crippen LogP contribution in [0.2, 0.25) is 0 Å². The standard InChI is InChI=1S/C14H24O6/c1-3-4-5-6-7-8-19-9-10-11(15)12(16)13(17)14(18-2)20-10/h1,10-17H,4-9H2,2H3/t10?,11-,12?,13?,14+/m1/s1. The van der Waals surface area contributed by atoms with Crippen molar-refractivity contribution in [3.05, 3.63) is 0 Å². The molecule has 0 spiro atoms. The van der Waals surface area contributed by atoms with E-state index in [2.05, 4.69) is 5.92 Å². The van der Waals surface area contributed by atoms with Crippen LogP contribution >= 0.6 is 0 Å². The van der Waals surface area contributed by atoms with E-state index in [-0.39, 0.29) is 6.61 Å². The average Bonchev–Trinajstić information content (AvgIpc) is 2.46. The second-order valence-electron chi connectivity index (χ2n) is 4.84. The molecule has 1 aliphatic rings. The highest BCUT2D eigenvalue weighted by atomic mass is 16.7. The fraction of sp³-hybridized carbons (Fsp3) is 0.857. The lowest BCUT2D eigenvalue weighted by atomic mass is 9.99. The largest absolute Gasteiger partial charge is 0.387 e. The molecule has 0 aromatic carbocycles. The minimum Gasteiger partial charge on any atom is -0.387 e. The van der Waals surface area contributed by atoms with Gasteiger partial charge in [0.1, 0.15) is 24.4 Å². The first-order chi connectivity index (χ1) is 9.61.